The van der Waals surface area contributed by atoms with E-state index in [0.29, 0.717) is 9.27 Å². The Morgan fingerprint density at radius 2 is 1.70 bits per heavy atom. The van der Waals surface area contributed by atoms with E-state index in [1.807, 2.05) is 5.43 Å². The van der Waals surface area contributed by atoms with Crippen molar-refractivity contribution < 1.29 is 28.7 Å². The van der Waals surface area contributed by atoms with Crippen LogP contribution in [0.1, 0.15) is 18.6 Å². The zero-order valence-corrected chi connectivity index (χ0v) is 15.2. The zero-order valence-electron chi connectivity index (χ0n) is 14.4. The second-order valence-corrected chi connectivity index (χ2v) is 5.83. The van der Waals surface area contributed by atoms with Crippen LogP contribution in [0.15, 0.2) is 34.2 Å². The van der Waals surface area contributed by atoms with Gasteiger partial charge in [-0.2, -0.15) is 0 Å². The minimum absolute atomic E-state index is 0.0170. The predicted octanol–water partition coefficient (Wildman–Crippen LogP) is -0.239. The van der Waals surface area contributed by atoms with Crippen LogP contribution in [-0.2, 0) is 23.9 Å². The Morgan fingerprint density at radius 1 is 1.07 bits per heavy atom. The molecule has 2 aromatic rings. The number of hydrogen-bond donors (Lipinski definition) is 1. The molecule has 0 aliphatic carbocycles. The van der Waals surface area contributed by atoms with Crippen molar-refractivity contribution in [3.8, 4) is 0 Å². The molecule has 0 saturated heterocycles. The molecule has 2 rings (SSSR count). The molecule has 142 valence electrons. The van der Waals surface area contributed by atoms with Crippen molar-refractivity contribution in [2.24, 2.45) is 5.10 Å². The minimum Gasteiger partial charge on any atom is -0.459 e. The van der Waals surface area contributed by atoms with E-state index >= 15 is 0 Å². The number of amides is 1. The molecule has 0 saturated carbocycles. The Morgan fingerprint density at radius 3 is 2.37 bits per heavy atom. The van der Waals surface area contributed by atoms with Crippen molar-refractivity contribution >= 4 is 45.2 Å². The predicted molar refractivity (Wildman–Crippen MR) is 93.7 cm³/mol. The molecule has 1 aromatic carbocycles. The average molecular weight is 393 g/mol. The summed E-state index contributed by atoms with van der Waals surface area (Å²) in [5, 5.41) is 3.81. The van der Waals surface area contributed by atoms with Gasteiger partial charge in [0.1, 0.15) is 0 Å². The lowest BCUT2D eigenvalue weighted by molar-refractivity contribution is -0.154. The lowest BCUT2D eigenvalue weighted by atomic mass is 10.3. The Labute approximate surface area is 156 Å². The molecule has 1 amide bonds. The zero-order chi connectivity index (χ0) is 20.0. The Hall–Kier alpha value is -3.34. The van der Waals surface area contributed by atoms with Gasteiger partial charge in [0.2, 0.25) is 4.80 Å². The standard InChI is InChI=1S/C16H15N3O7S/c1-3-25-14(23)11(20)17-18-16-19(13(22)15(24)26-4-2)12(21)9-7-5-6-8-10(9)27-16/h5-8H,3-4H2,1-2H3,(H,17,20)/b18-16+. The molecule has 1 heterocycles. The quantitative estimate of drug-likeness (QED) is 0.432. The van der Waals surface area contributed by atoms with E-state index in [1.165, 1.54) is 19.9 Å². The fourth-order valence-corrected chi connectivity index (χ4v) is 2.92. The van der Waals surface area contributed by atoms with E-state index in [9.17, 15) is 24.0 Å². The monoisotopic (exact) mass is 393 g/mol. The van der Waals surface area contributed by atoms with Gasteiger partial charge in [0, 0.05) is 4.70 Å². The third-order valence-corrected chi connectivity index (χ3v) is 4.11. The van der Waals surface area contributed by atoms with Crippen molar-refractivity contribution in [1.82, 2.24) is 9.99 Å². The molecule has 0 bridgehead atoms. The van der Waals surface area contributed by atoms with E-state index in [0.717, 1.165) is 11.3 Å². The molecule has 0 aliphatic heterocycles. The van der Waals surface area contributed by atoms with Crippen LogP contribution >= 0.6 is 11.3 Å². The Balaban J connectivity index is 2.61. The number of ether oxygens (including phenoxy) is 2. The highest BCUT2D eigenvalue weighted by atomic mass is 32.1. The molecule has 27 heavy (non-hydrogen) atoms. The van der Waals surface area contributed by atoms with E-state index in [-0.39, 0.29) is 23.4 Å². The molecule has 0 atom stereocenters. The number of fused-ring (bicyclic) bond motifs is 1. The maximum Gasteiger partial charge on any atom is 0.398 e. The summed E-state index contributed by atoms with van der Waals surface area (Å²) in [4.78, 5) is 59.5. The summed E-state index contributed by atoms with van der Waals surface area (Å²) in [6.45, 7) is 2.94. The van der Waals surface area contributed by atoms with Crippen molar-refractivity contribution in [2.45, 2.75) is 13.8 Å². The molecule has 10 nitrogen and oxygen atoms in total. The Kier molecular flexibility index (Phi) is 6.55. The first-order valence-electron chi connectivity index (χ1n) is 7.77. The van der Waals surface area contributed by atoms with Gasteiger partial charge >= 0.3 is 23.8 Å². The fourth-order valence-electron chi connectivity index (χ4n) is 1.96. The first-order valence-corrected chi connectivity index (χ1v) is 8.59. The number of carbonyl (C=O) groups excluding carboxylic acids is 4. The van der Waals surface area contributed by atoms with Crippen LogP contribution in [0.2, 0.25) is 0 Å². The van der Waals surface area contributed by atoms with Crippen LogP contribution in [-0.4, -0.2) is 41.5 Å². The molecule has 11 heteroatoms. The summed E-state index contributed by atoms with van der Waals surface area (Å²) in [7, 11) is 0. The minimum atomic E-state index is -1.27. The number of esters is 2. The van der Waals surface area contributed by atoms with Gasteiger partial charge in [-0.25, -0.2) is 19.6 Å². The number of aromatic nitrogens is 1. The highest BCUT2D eigenvalue weighted by molar-refractivity contribution is 7.16. The normalized spacial score (nSPS) is 11.1. The molecule has 0 spiro atoms. The molecular formula is C16H15N3O7S. The van der Waals surface area contributed by atoms with Gasteiger partial charge < -0.3 is 9.47 Å². The van der Waals surface area contributed by atoms with Crippen molar-refractivity contribution in [3.05, 3.63) is 39.4 Å². The third kappa shape index (κ3) is 4.44. The molecule has 1 aromatic heterocycles. The van der Waals surface area contributed by atoms with E-state index < -0.39 is 29.3 Å². The van der Waals surface area contributed by atoms with Crippen molar-refractivity contribution in [1.29, 1.82) is 0 Å². The number of carbonyl (C=O) groups is 4. The first-order chi connectivity index (χ1) is 12.9. The summed E-state index contributed by atoms with van der Waals surface area (Å²) in [5.41, 5.74) is 1.09. The van der Waals surface area contributed by atoms with Crippen molar-refractivity contribution in [3.63, 3.8) is 0 Å². The van der Waals surface area contributed by atoms with Crippen LogP contribution in [0.5, 0.6) is 0 Å². The van der Waals surface area contributed by atoms with Gasteiger partial charge in [0.05, 0.1) is 18.6 Å². The van der Waals surface area contributed by atoms with Crippen LogP contribution < -0.4 is 15.8 Å². The number of nitrogens with zero attached hydrogens (tertiary/aromatic N) is 2. The van der Waals surface area contributed by atoms with Crippen LogP contribution in [0, 0.1) is 0 Å². The second-order valence-electron chi connectivity index (χ2n) is 4.82. The first kappa shape index (κ1) is 20.0. The number of rotatable bonds is 3. The van der Waals surface area contributed by atoms with Crippen LogP contribution in [0.3, 0.4) is 0 Å². The summed E-state index contributed by atoms with van der Waals surface area (Å²) < 4.78 is 10.1. The smallest absolute Gasteiger partial charge is 0.398 e. The van der Waals surface area contributed by atoms with E-state index in [2.05, 4.69) is 14.6 Å². The van der Waals surface area contributed by atoms with Gasteiger partial charge in [-0.1, -0.05) is 23.5 Å². The van der Waals surface area contributed by atoms with Crippen LogP contribution in [0.4, 0.5) is 0 Å². The molecular weight excluding hydrogens is 378 g/mol. The summed E-state index contributed by atoms with van der Waals surface area (Å²) in [6.07, 6.45) is 0. The topological polar surface area (TPSA) is 133 Å². The SMILES string of the molecule is CCOC(=O)C(=O)N/N=c1/sc2ccccc2c(=O)n1C(=O)C(=O)OCC. The van der Waals surface area contributed by atoms with E-state index in [4.69, 9.17) is 0 Å². The third-order valence-electron chi connectivity index (χ3n) is 3.08. The number of nitrogens with one attached hydrogen (secondary N) is 1. The highest BCUT2D eigenvalue weighted by Gasteiger charge is 2.23. The maximum atomic E-state index is 12.7. The molecule has 0 unspecified atom stereocenters. The molecule has 0 radical (unpaired) electrons. The summed E-state index contributed by atoms with van der Waals surface area (Å²) in [6, 6.07) is 6.34. The molecule has 1 N–H and O–H groups in total. The van der Waals surface area contributed by atoms with Gasteiger partial charge in [0.15, 0.2) is 0 Å². The van der Waals surface area contributed by atoms with Gasteiger partial charge in [-0.3, -0.25) is 14.4 Å². The van der Waals surface area contributed by atoms with Crippen molar-refractivity contribution in [2.75, 3.05) is 13.2 Å². The second kappa shape index (κ2) is 8.85. The van der Waals surface area contributed by atoms with E-state index in [1.54, 1.807) is 18.2 Å². The fraction of sp³-hybridized carbons (Fsp3) is 0.250. The largest absolute Gasteiger partial charge is 0.459 e. The maximum absolute atomic E-state index is 12.7. The number of benzene rings is 1. The van der Waals surface area contributed by atoms with Crippen LogP contribution in [0.25, 0.3) is 10.1 Å². The molecule has 0 fully saturated rings. The van der Waals surface area contributed by atoms with Gasteiger partial charge in [-0.05, 0) is 26.0 Å². The highest BCUT2D eigenvalue weighted by Crippen LogP contribution is 2.11. The lowest BCUT2D eigenvalue weighted by Gasteiger charge is -2.06. The number of hydrogen-bond acceptors (Lipinski definition) is 9. The summed E-state index contributed by atoms with van der Waals surface area (Å²) in [5.74, 6) is -4.90. The lowest BCUT2D eigenvalue weighted by Crippen LogP contribution is -2.43. The molecule has 0 aliphatic rings. The van der Waals surface area contributed by atoms with Gasteiger partial charge in [-0.15, -0.1) is 5.10 Å². The van der Waals surface area contributed by atoms with Gasteiger partial charge in [0.25, 0.3) is 5.56 Å². The average Bonchev–Trinajstić information content (AvgIpc) is 2.66. The Bertz CT molecular complexity index is 1040. The summed E-state index contributed by atoms with van der Waals surface area (Å²) >= 11 is 0.859.